The van der Waals surface area contributed by atoms with Crippen molar-refractivity contribution in [3.63, 3.8) is 0 Å². The Bertz CT molecular complexity index is 890. The van der Waals surface area contributed by atoms with Crippen molar-refractivity contribution in [3.05, 3.63) is 76.5 Å². The van der Waals surface area contributed by atoms with Gasteiger partial charge >= 0.3 is 0 Å². The second-order valence-electron chi connectivity index (χ2n) is 5.37. The average Bonchev–Trinajstić information content (AvgIpc) is 3.13. The molecule has 0 saturated carbocycles. The zero-order valence-electron chi connectivity index (χ0n) is 13.6. The molecule has 8 heteroatoms. The van der Waals surface area contributed by atoms with Gasteiger partial charge in [-0.2, -0.15) is 0 Å². The molecule has 0 unspecified atom stereocenters. The molecular weight excluding hydrogens is 322 g/mol. The zero-order chi connectivity index (χ0) is 17.6. The van der Waals surface area contributed by atoms with E-state index in [0.717, 1.165) is 0 Å². The SMILES string of the molecule is CN(Cc1ncc[nH]1)C(=O)c1cnc(COc2ccccc2)[nH]c1=O. The lowest BCUT2D eigenvalue weighted by atomic mass is 10.3. The van der Waals surface area contributed by atoms with Gasteiger partial charge in [-0.05, 0) is 12.1 Å². The maximum absolute atomic E-state index is 12.4. The van der Waals surface area contributed by atoms with Gasteiger partial charge in [0.25, 0.3) is 11.5 Å². The predicted molar refractivity (Wildman–Crippen MR) is 90.0 cm³/mol. The number of hydrogen-bond acceptors (Lipinski definition) is 5. The summed E-state index contributed by atoms with van der Waals surface area (Å²) in [4.78, 5) is 39.6. The zero-order valence-corrected chi connectivity index (χ0v) is 13.6. The summed E-state index contributed by atoms with van der Waals surface area (Å²) in [5.41, 5.74) is -0.532. The second kappa shape index (κ2) is 7.43. The Kier molecular flexibility index (Phi) is 4.89. The first-order chi connectivity index (χ1) is 12.1. The maximum Gasteiger partial charge on any atom is 0.263 e. The Morgan fingerprint density at radius 3 is 2.68 bits per heavy atom. The van der Waals surface area contributed by atoms with Crippen LogP contribution in [0.1, 0.15) is 22.0 Å². The van der Waals surface area contributed by atoms with E-state index in [-0.39, 0.29) is 18.7 Å². The first kappa shape index (κ1) is 16.4. The number of rotatable bonds is 6. The van der Waals surface area contributed by atoms with E-state index in [1.165, 1.54) is 11.1 Å². The molecule has 1 aromatic carbocycles. The van der Waals surface area contributed by atoms with Gasteiger partial charge in [-0.1, -0.05) is 18.2 Å². The minimum absolute atomic E-state index is 0.0301. The highest BCUT2D eigenvalue weighted by atomic mass is 16.5. The van der Waals surface area contributed by atoms with E-state index in [4.69, 9.17) is 4.74 Å². The first-order valence-electron chi connectivity index (χ1n) is 7.63. The van der Waals surface area contributed by atoms with E-state index in [2.05, 4.69) is 19.9 Å². The molecule has 0 saturated heterocycles. The van der Waals surface area contributed by atoms with E-state index in [9.17, 15) is 9.59 Å². The topological polar surface area (TPSA) is 104 Å². The van der Waals surface area contributed by atoms with Crippen LogP contribution in [0.15, 0.2) is 53.7 Å². The average molecular weight is 339 g/mol. The third-order valence-corrected chi connectivity index (χ3v) is 3.49. The third kappa shape index (κ3) is 4.11. The molecule has 0 atom stereocenters. The van der Waals surface area contributed by atoms with Crippen LogP contribution in [0, 0.1) is 0 Å². The Morgan fingerprint density at radius 2 is 2.00 bits per heavy atom. The van der Waals surface area contributed by atoms with Crippen LogP contribution in [0.4, 0.5) is 0 Å². The molecule has 0 fully saturated rings. The summed E-state index contributed by atoms with van der Waals surface area (Å²) in [5, 5.41) is 0. The molecule has 0 aliphatic heterocycles. The summed E-state index contributed by atoms with van der Waals surface area (Å²) < 4.78 is 5.52. The standard InChI is InChI=1S/C17H17N5O3/c1-22(10-14-18-7-8-19-14)17(24)13-9-20-15(21-16(13)23)11-25-12-5-3-2-4-6-12/h2-9H,10-11H2,1H3,(H,18,19)(H,20,21,23). The van der Waals surface area contributed by atoms with Crippen LogP contribution in [-0.2, 0) is 13.2 Å². The quantitative estimate of drug-likeness (QED) is 0.705. The van der Waals surface area contributed by atoms with Crippen molar-refractivity contribution in [2.24, 2.45) is 0 Å². The predicted octanol–water partition coefficient (Wildman–Crippen LogP) is 1.34. The number of amides is 1. The molecule has 128 valence electrons. The van der Waals surface area contributed by atoms with Crippen molar-refractivity contribution < 1.29 is 9.53 Å². The van der Waals surface area contributed by atoms with E-state index in [0.29, 0.717) is 17.4 Å². The number of carbonyl (C=O) groups is 1. The highest BCUT2D eigenvalue weighted by molar-refractivity contribution is 5.93. The fourth-order valence-corrected chi connectivity index (χ4v) is 2.21. The molecule has 0 bridgehead atoms. The van der Waals surface area contributed by atoms with Crippen LogP contribution in [0.3, 0.4) is 0 Å². The van der Waals surface area contributed by atoms with E-state index < -0.39 is 11.5 Å². The summed E-state index contributed by atoms with van der Waals surface area (Å²) in [6.45, 7) is 0.375. The normalized spacial score (nSPS) is 10.4. The van der Waals surface area contributed by atoms with Crippen molar-refractivity contribution in [3.8, 4) is 5.75 Å². The highest BCUT2D eigenvalue weighted by Gasteiger charge is 2.17. The molecule has 2 heterocycles. The van der Waals surface area contributed by atoms with Crippen LogP contribution in [0.5, 0.6) is 5.75 Å². The lowest BCUT2D eigenvalue weighted by Crippen LogP contribution is -2.32. The fraction of sp³-hybridized carbons (Fsp3) is 0.176. The summed E-state index contributed by atoms with van der Waals surface area (Å²) in [7, 11) is 1.59. The molecule has 8 nitrogen and oxygen atoms in total. The molecule has 1 amide bonds. The van der Waals surface area contributed by atoms with Gasteiger partial charge in [0.05, 0.1) is 6.54 Å². The highest BCUT2D eigenvalue weighted by Crippen LogP contribution is 2.09. The number of H-pyrrole nitrogens is 2. The Morgan fingerprint density at radius 1 is 1.20 bits per heavy atom. The van der Waals surface area contributed by atoms with Gasteiger partial charge in [0.1, 0.15) is 29.6 Å². The summed E-state index contributed by atoms with van der Waals surface area (Å²) in [5.74, 6) is 1.22. The molecule has 25 heavy (non-hydrogen) atoms. The van der Waals surface area contributed by atoms with Crippen molar-refractivity contribution in [1.82, 2.24) is 24.8 Å². The number of para-hydroxylation sites is 1. The van der Waals surface area contributed by atoms with Crippen molar-refractivity contribution in [1.29, 1.82) is 0 Å². The van der Waals surface area contributed by atoms with Crippen molar-refractivity contribution >= 4 is 5.91 Å². The lowest BCUT2D eigenvalue weighted by molar-refractivity contribution is 0.0779. The van der Waals surface area contributed by atoms with Crippen LogP contribution in [0.25, 0.3) is 0 Å². The number of ether oxygens (including phenoxy) is 1. The van der Waals surface area contributed by atoms with Crippen LogP contribution in [-0.4, -0.2) is 37.8 Å². The minimum atomic E-state index is -0.502. The van der Waals surface area contributed by atoms with Gasteiger partial charge in [0.2, 0.25) is 0 Å². The monoisotopic (exact) mass is 339 g/mol. The molecule has 0 aliphatic carbocycles. The Balaban J connectivity index is 1.66. The van der Waals surface area contributed by atoms with Crippen molar-refractivity contribution in [2.75, 3.05) is 7.05 Å². The molecule has 0 spiro atoms. The molecule has 0 aliphatic rings. The Labute approximate surface area is 143 Å². The molecule has 0 radical (unpaired) electrons. The number of aromatic amines is 2. The van der Waals surface area contributed by atoms with Crippen molar-refractivity contribution in [2.45, 2.75) is 13.2 Å². The van der Waals surface area contributed by atoms with Gasteiger partial charge < -0.3 is 19.6 Å². The molecule has 3 aromatic rings. The summed E-state index contributed by atoms with van der Waals surface area (Å²) >= 11 is 0. The lowest BCUT2D eigenvalue weighted by Gasteiger charge is -2.15. The number of nitrogens with zero attached hydrogens (tertiary/aromatic N) is 3. The number of nitrogens with one attached hydrogen (secondary N) is 2. The number of aromatic nitrogens is 4. The number of benzene rings is 1. The fourth-order valence-electron chi connectivity index (χ4n) is 2.21. The molecular formula is C17H17N5O3. The van der Waals surface area contributed by atoms with Crippen LogP contribution in [0.2, 0.25) is 0 Å². The van der Waals surface area contributed by atoms with E-state index >= 15 is 0 Å². The molecule has 3 rings (SSSR count). The van der Waals surface area contributed by atoms with E-state index in [1.54, 1.807) is 31.6 Å². The maximum atomic E-state index is 12.4. The van der Waals surface area contributed by atoms with Crippen LogP contribution >= 0.6 is 0 Å². The number of hydrogen-bond donors (Lipinski definition) is 2. The first-order valence-corrected chi connectivity index (χ1v) is 7.63. The van der Waals surface area contributed by atoms with E-state index in [1.807, 2.05) is 18.2 Å². The number of carbonyl (C=O) groups excluding carboxylic acids is 1. The van der Waals surface area contributed by atoms with Gasteiger partial charge in [0.15, 0.2) is 0 Å². The van der Waals surface area contributed by atoms with Gasteiger partial charge in [-0.25, -0.2) is 9.97 Å². The minimum Gasteiger partial charge on any atom is -0.486 e. The van der Waals surface area contributed by atoms with Crippen LogP contribution < -0.4 is 10.3 Å². The smallest absolute Gasteiger partial charge is 0.263 e. The summed E-state index contributed by atoms with van der Waals surface area (Å²) in [6, 6.07) is 9.19. The van der Waals surface area contributed by atoms with Gasteiger partial charge in [-0.15, -0.1) is 0 Å². The van der Waals surface area contributed by atoms with Gasteiger partial charge in [-0.3, -0.25) is 9.59 Å². The summed E-state index contributed by atoms with van der Waals surface area (Å²) in [6.07, 6.45) is 4.54. The number of imidazole rings is 1. The largest absolute Gasteiger partial charge is 0.486 e. The molecule has 2 aromatic heterocycles. The third-order valence-electron chi connectivity index (χ3n) is 3.49. The molecule has 2 N–H and O–H groups in total. The Hall–Kier alpha value is -3.42. The second-order valence-corrected chi connectivity index (χ2v) is 5.37. The van der Waals surface area contributed by atoms with Gasteiger partial charge in [0, 0.05) is 25.6 Å².